The lowest BCUT2D eigenvalue weighted by atomic mass is 10.1. The number of aromatic nitrogens is 1. The highest BCUT2D eigenvalue weighted by Crippen LogP contribution is 2.17. The van der Waals surface area contributed by atoms with Crippen LogP contribution >= 0.6 is 0 Å². The highest BCUT2D eigenvalue weighted by molar-refractivity contribution is 5.24. The van der Waals surface area contributed by atoms with E-state index in [0.717, 1.165) is 12.3 Å². The molecule has 1 aromatic heterocycles. The average molecular weight is 226 g/mol. The Labute approximate surface area is 89.4 Å². The Kier molecular flexibility index (Phi) is 3.90. The first-order valence-corrected chi connectivity index (χ1v) is 4.35. The van der Waals surface area contributed by atoms with Crippen molar-refractivity contribution in [3.63, 3.8) is 0 Å². The highest BCUT2D eigenvalue weighted by Gasteiger charge is 2.18. The third-order valence-electron chi connectivity index (χ3n) is 1.94. The van der Waals surface area contributed by atoms with Crippen molar-refractivity contribution in [3.8, 4) is 5.75 Å². The fourth-order valence-electron chi connectivity index (χ4n) is 1.10. The van der Waals surface area contributed by atoms with Crippen LogP contribution in [0.5, 0.6) is 5.75 Å². The summed E-state index contributed by atoms with van der Waals surface area (Å²) in [6.45, 7) is -0.308. The smallest absolute Gasteiger partial charge is 0.290 e. The number of azide groups is 1. The lowest BCUT2D eigenvalue weighted by molar-refractivity contribution is 0.0240. The number of H-pyrrole nitrogens is 1. The minimum absolute atomic E-state index is 0.123. The topological polar surface area (TPSA) is 142 Å². The molecule has 1 aromatic rings. The van der Waals surface area contributed by atoms with Crippen molar-refractivity contribution in [2.24, 2.45) is 5.11 Å². The summed E-state index contributed by atoms with van der Waals surface area (Å²) in [7, 11) is 0. The Morgan fingerprint density at radius 3 is 2.81 bits per heavy atom. The van der Waals surface area contributed by atoms with E-state index in [1.807, 2.05) is 0 Å². The highest BCUT2D eigenvalue weighted by atomic mass is 16.3. The molecule has 8 nitrogen and oxygen atoms in total. The number of aliphatic hydroxyl groups is 2. The summed E-state index contributed by atoms with van der Waals surface area (Å²) in [5.41, 5.74) is 7.46. The lowest BCUT2D eigenvalue weighted by Crippen LogP contribution is -2.22. The van der Waals surface area contributed by atoms with E-state index in [9.17, 15) is 15.0 Å². The SMILES string of the molecule is [N-]=[N+]=NCC(O)C(O)c1c[nH]c(=O)c(O)c1. The number of aliphatic hydroxyl groups excluding tert-OH is 2. The minimum atomic E-state index is -1.35. The van der Waals surface area contributed by atoms with Crippen molar-refractivity contribution in [1.82, 2.24) is 4.98 Å². The molecule has 0 fully saturated rings. The van der Waals surface area contributed by atoms with Crippen molar-refractivity contribution < 1.29 is 15.3 Å². The largest absolute Gasteiger partial charge is 0.503 e. The molecule has 0 aliphatic rings. The Bertz CT molecular complexity index is 465. The van der Waals surface area contributed by atoms with Gasteiger partial charge >= 0.3 is 0 Å². The monoisotopic (exact) mass is 226 g/mol. The van der Waals surface area contributed by atoms with E-state index in [0.29, 0.717) is 0 Å². The first-order valence-electron chi connectivity index (χ1n) is 4.35. The molecule has 0 saturated carbocycles. The summed E-state index contributed by atoms with van der Waals surface area (Å²) in [6, 6.07) is 1.03. The normalized spacial score (nSPS) is 13.9. The number of aromatic amines is 1. The van der Waals surface area contributed by atoms with Gasteiger partial charge in [0, 0.05) is 16.7 Å². The molecule has 4 N–H and O–H groups in total. The van der Waals surface area contributed by atoms with Crippen LogP contribution in [0.2, 0.25) is 0 Å². The number of rotatable bonds is 4. The van der Waals surface area contributed by atoms with Gasteiger partial charge in [-0.3, -0.25) is 4.79 Å². The number of nitrogens with one attached hydrogen (secondary N) is 1. The van der Waals surface area contributed by atoms with E-state index in [-0.39, 0.29) is 12.1 Å². The van der Waals surface area contributed by atoms with Gasteiger partial charge in [0.05, 0.1) is 12.6 Å². The molecular weight excluding hydrogens is 216 g/mol. The van der Waals surface area contributed by atoms with Gasteiger partial charge in [0.1, 0.15) is 6.10 Å². The first kappa shape index (κ1) is 12.1. The van der Waals surface area contributed by atoms with Crippen LogP contribution in [0.1, 0.15) is 11.7 Å². The fraction of sp³-hybridized carbons (Fsp3) is 0.375. The molecule has 0 amide bonds. The summed E-state index contributed by atoms with van der Waals surface area (Å²) in [6.07, 6.45) is -1.50. The molecule has 86 valence electrons. The van der Waals surface area contributed by atoms with Gasteiger partial charge in [-0.25, -0.2) is 0 Å². The van der Waals surface area contributed by atoms with Gasteiger partial charge in [-0.2, -0.15) is 0 Å². The molecule has 1 rings (SSSR count). The van der Waals surface area contributed by atoms with E-state index in [2.05, 4.69) is 15.0 Å². The number of hydrogen-bond donors (Lipinski definition) is 4. The van der Waals surface area contributed by atoms with Crippen molar-refractivity contribution in [3.05, 3.63) is 38.6 Å². The molecule has 0 aliphatic heterocycles. The summed E-state index contributed by atoms with van der Waals surface area (Å²) in [4.78, 5) is 15.4. The predicted octanol–water partition coefficient (Wildman–Crippen LogP) is -0.215. The van der Waals surface area contributed by atoms with Crippen LogP contribution in [0.25, 0.3) is 10.4 Å². The molecule has 0 aromatic carbocycles. The number of nitrogens with zero attached hydrogens (tertiary/aromatic N) is 3. The Morgan fingerprint density at radius 1 is 1.56 bits per heavy atom. The molecule has 2 unspecified atom stereocenters. The van der Waals surface area contributed by atoms with Gasteiger partial charge in [0.2, 0.25) is 0 Å². The summed E-state index contributed by atoms with van der Waals surface area (Å²) >= 11 is 0. The summed E-state index contributed by atoms with van der Waals surface area (Å²) in [5.74, 6) is -0.562. The van der Waals surface area contributed by atoms with Gasteiger partial charge in [-0.05, 0) is 11.6 Å². The molecule has 2 atom stereocenters. The van der Waals surface area contributed by atoms with Crippen LogP contribution in [0.15, 0.2) is 22.2 Å². The Morgan fingerprint density at radius 2 is 2.25 bits per heavy atom. The summed E-state index contributed by atoms with van der Waals surface area (Å²) in [5, 5.41) is 31.1. The van der Waals surface area contributed by atoms with Gasteiger partial charge in [-0.1, -0.05) is 5.11 Å². The molecule has 0 radical (unpaired) electrons. The quantitative estimate of drug-likeness (QED) is 0.320. The summed E-state index contributed by atoms with van der Waals surface area (Å²) < 4.78 is 0. The molecule has 0 spiro atoms. The maximum absolute atomic E-state index is 10.8. The molecule has 8 heteroatoms. The van der Waals surface area contributed by atoms with Gasteiger partial charge in [0.15, 0.2) is 5.75 Å². The van der Waals surface area contributed by atoms with Crippen LogP contribution in [0.3, 0.4) is 0 Å². The van der Waals surface area contributed by atoms with Crippen LogP contribution in [0.4, 0.5) is 0 Å². The Balaban J connectivity index is 2.87. The van der Waals surface area contributed by atoms with Gasteiger partial charge in [0.25, 0.3) is 5.56 Å². The van der Waals surface area contributed by atoms with Gasteiger partial charge < -0.3 is 20.3 Å². The van der Waals surface area contributed by atoms with Gasteiger partial charge in [-0.15, -0.1) is 0 Å². The fourth-order valence-corrected chi connectivity index (χ4v) is 1.10. The predicted molar refractivity (Wildman–Crippen MR) is 53.7 cm³/mol. The maximum Gasteiger partial charge on any atom is 0.290 e. The number of hydrogen-bond acceptors (Lipinski definition) is 5. The molecule has 0 saturated heterocycles. The molecule has 1 heterocycles. The van der Waals surface area contributed by atoms with Crippen LogP contribution in [-0.4, -0.2) is 33.0 Å². The maximum atomic E-state index is 10.8. The zero-order valence-corrected chi connectivity index (χ0v) is 8.11. The van der Waals surface area contributed by atoms with Crippen LogP contribution in [0, 0.1) is 0 Å². The van der Waals surface area contributed by atoms with E-state index < -0.39 is 23.5 Å². The molecule has 0 aliphatic carbocycles. The standard InChI is InChI=1S/C8H10N4O4/c9-12-11-3-6(14)7(15)4-1-5(13)8(16)10-2-4/h1-2,6-7,13-15H,3H2,(H,10,16). The van der Waals surface area contributed by atoms with Crippen LogP contribution < -0.4 is 5.56 Å². The minimum Gasteiger partial charge on any atom is -0.503 e. The van der Waals surface area contributed by atoms with E-state index in [1.165, 1.54) is 0 Å². The second kappa shape index (κ2) is 5.17. The molecule has 0 bridgehead atoms. The second-order valence-electron chi connectivity index (χ2n) is 3.07. The zero-order valence-electron chi connectivity index (χ0n) is 8.11. The number of pyridine rings is 1. The van der Waals surface area contributed by atoms with E-state index in [4.69, 9.17) is 10.6 Å². The number of aromatic hydroxyl groups is 1. The van der Waals surface area contributed by atoms with Crippen molar-refractivity contribution in [2.45, 2.75) is 12.2 Å². The Hall–Kier alpha value is -2.02. The van der Waals surface area contributed by atoms with Crippen molar-refractivity contribution in [2.75, 3.05) is 6.54 Å². The van der Waals surface area contributed by atoms with Crippen molar-refractivity contribution >= 4 is 0 Å². The average Bonchev–Trinajstić information content (AvgIpc) is 2.28. The zero-order chi connectivity index (χ0) is 12.1. The van der Waals surface area contributed by atoms with E-state index in [1.54, 1.807) is 0 Å². The second-order valence-corrected chi connectivity index (χ2v) is 3.07. The van der Waals surface area contributed by atoms with E-state index >= 15 is 0 Å². The first-order chi connectivity index (χ1) is 7.56. The lowest BCUT2D eigenvalue weighted by Gasteiger charge is -2.15. The third kappa shape index (κ3) is 2.74. The third-order valence-corrected chi connectivity index (χ3v) is 1.94. The van der Waals surface area contributed by atoms with Crippen molar-refractivity contribution in [1.29, 1.82) is 0 Å². The molecule has 16 heavy (non-hydrogen) atoms. The van der Waals surface area contributed by atoms with Crippen LogP contribution in [-0.2, 0) is 0 Å². The molecular formula is C8H10N4O4.